The Morgan fingerprint density at radius 1 is 1.03 bits per heavy atom. The smallest absolute Gasteiger partial charge is 0.425 e. The van der Waals surface area contributed by atoms with Crippen LogP contribution in [0.5, 0.6) is 5.75 Å². The molecule has 2 aromatic rings. The molecule has 3 amide bonds. The Kier molecular flexibility index (Phi) is 6.85. The SMILES string of the molecule is O=C(NC(=O)c1c(F)cccc1F)N[13c]1[13cH][13c](Cl)[13c](OC(F)(F)C(F)F)[13c](Cl)[13cH]1. The fourth-order valence-corrected chi connectivity index (χ4v) is 2.52. The Morgan fingerprint density at radius 3 is 2.03 bits per heavy atom. The van der Waals surface area contributed by atoms with E-state index in [4.69, 9.17) is 23.2 Å². The van der Waals surface area contributed by atoms with E-state index in [1.54, 1.807) is 5.32 Å². The highest BCUT2D eigenvalue weighted by molar-refractivity contribution is 6.37. The fourth-order valence-electron chi connectivity index (χ4n) is 1.95. The first-order valence-electron chi connectivity index (χ1n) is 7.32. The highest BCUT2D eigenvalue weighted by atomic mass is 35.5. The first kappa shape index (κ1) is 22.6. The minimum atomic E-state index is -4.88. The molecule has 2 N–H and O–H groups in total. The van der Waals surface area contributed by atoms with Gasteiger partial charge in [0.15, 0.2) is 5.75 Å². The summed E-state index contributed by atoms with van der Waals surface area (Å²) in [6.45, 7) is 0. The largest absolute Gasteiger partial charge is 0.461 e. The highest BCUT2D eigenvalue weighted by Crippen LogP contribution is 2.40. The van der Waals surface area contributed by atoms with Crippen LogP contribution in [0.1, 0.15) is 10.4 Å². The van der Waals surface area contributed by atoms with Crippen LogP contribution in [0.25, 0.3) is 0 Å². The molecule has 5 nitrogen and oxygen atoms in total. The number of hydrogen-bond acceptors (Lipinski definition) is 3. The zero-order valence-corrected chi connectivity index (χ0v) is 15.2. The van der Waals surface area contributed by atoms with Crippen LogP contribution < -0.4 is 15.4 Å². The van der Waals surface area contributed by atoms with Gasteiger partial charge in [-0.25, -0.2) is 13.6 Å². The van der Waals surface area contributed by atoms with Crippen molar-refractivity contribution < 1.29 is 40.7 Å². The predicted molar refractivity (Wildman–Crippen MR) is 90.9 cm³/mol. The summed E-state index contributed by atoms with van der Waals surface area (Å²) in [5.41, 5.74) is -1.29. The molecule has 0 radical (unpaired) electrons. The Balaban J connectivity index is 2.14. The van der Waals surface area contributed by atoms with E-state index in [1.807, 2.05) is 5.32 Å². The second-order valence-electron chi connectivity index (χ2n) is 5.24. The van der Waals surface area contributed by atoms with E-state index < -0.39 is 57.5 Å². The van der Waals surface area contributed by atoms with Gasteiger partial charge in [0, 0.05) is 5.69 Å². The number of imide groups is 1. The zero-order chi connectivity index (χ0) is 21.9. The van der Waals surface area contributed by atoms with Crippen LogP contribution in [0.2, 0.25) is 10.0 Å². The summed E-state index contributed by atoms with van der Waals surface area (Å²) in [5.74, 6) is -4.83. The number of anilines is 1. The molecule has 13 heteroatoms. The van der Waals surface area contributed by atoms with E-state index in [2.05, 4.69) is 4.74 Å². The van der Waals surface area contributed by atoms with Gasteiger partial charge in [-0.2, -0.15) is 17.6 Å². The van der Waals surface area contributed by atoms with Gasteiger partial charge in [-0.3, -0.25) is 10.1 Å². The van der Waals surface area contributed by atoms with E-state index in [-0.39, 0.29) is 5.69 Å². The van der Waals surface area contributed by atoms with Crippen molar-refractivity contribution in [3.8, 4) is 5.75 Å². The third-order valence-corrected chi connectivity index (χ3v) is 3.73. The molecule has 0 unspecified atom stereocenters. The molecule has 0 aliphatic heterocycles. The average molecular weight is 467 g/mol. The summed E-state index contributed by atoms with van der Waals surface area (Å²) in [6.07, 6.45) is -9.04. The van der Waals surface area contributed by atoms with Gasteiger partial charge in [0.25, 0.3) is 5.91 Å². The number of urea groups is 1. The predicted octanol–water partition coefficient (Wildman–Crippen LogP) is 5.47. The molecule has 2 aromatic carbocycles. The summed E-state index contributed by atoms with van der Waals surface area (Å²) in [4.78, 5) is 23.6. The molecule has 0 aliphatic carbocycles. The summed E-state index contributed by atoms with van der Waals surface area (Å²) in [5, 5.41) is 2.29. The minimum Gasteiger partial charge on any atom is -0.425 e. The summed E-state index contributed by atoms with van der Waals surface area (Å²) in [6, 6.07) is 2.92. The molecule has 0 saturated carbocycles. The summed E-state index contributed by atoms with van der Waals surface area (Å²) >= 11 is 11.3. The number of carbonyl (C=O) groups is 2. The molecule has 0 heterocycles. The third kappa shape index (κ3) is 5.45. The summed E-state index contributed by atoms with van der Waals surface area (Å²) in [7, 11) is 0. The Labute approximate surface area is 168 Å². The maximum absolute atomic E-state index is 13.5. The lowest BCUT2D eigenvalue weighted by Crippen LogP contribution is -2.35. The number of amides is 3. The monoisotopic (exact) mass is 466 g/mol. The topological polar surface area (TPSA) is 67.4 Å². The van der Waals surface area contributed by atoms with Crippen LogP contribution in [0.4, 0.5) is 36.8 Å². The van der Waals surface area contributed by atoms with Crippen LogP contribution in [0, 0.1) is 11.6 Å². The lowest BCUT2D eigenvalue weighted by atomic mass is 10.2. The van der Waals surface area contributed by atoms with Crippen molar-refractivity contribution in [1.29, 1.82) is 0 Å². The third-order valence-electron chi connectivity index (χ3n) is 3.17. The molecule has 29 heavy (non-hydrogen) atoms. The van der Waals surface area contributed by atoms with E-state index in [9.17, 15) is 35.9 Å². The fraction of sp³-hybridized carbons (Fsp3) is 0.125. The molecule has 0 saturated heterocycles. The maximum atomic E-state index is 13.5. The van der Waals surface area contributed by atoms with Crippen molar-refractivity contribution in [3.63, 3.8) is 0 Å². The first-order chi connectivity index (χ1) is 13.4. The number of carbonyl (C=O) groups excluding carboxylic acids is 2. The molecule has 0 bridgehead atoms. The Hall–Kier alpha value is -2.66. The zero-order valence-electron chi connectivity index (χ0n) is 13.7. The van der Waals surface area contributed by atoms with Gasteiger partial charge in [0.1, 0.15) is 17.2 Å². The molecular weight excluding hydrogens is 459 g/mol. The minimum absolute atomic E-state index is 0.271. The standard InChI is InChI=1S/C16H8Cl2F6N2O3/c17-7-4-6(5-8(18)12(7)29-16(23,24)14(21)22)25-15(28)26-13(27)11-9(19)2-1-3-10(11)20/h1-5,14H,(H2,25,26,27,28)/i4+1,5+1,6+1,7+1,8+1,12+1. The average Bonchev–Trinajstić information content (AvgIpc) is 2.57. The van der Waals surface area contributed by atoms with Gasteiger partial charge < -0.3 is 10.1 Å². The van der Waals surface area contributed by atoms with Crippen molar-refractivity contribution in [2.24, 2.45) is 0 Å². The van der Waals surface area contributed by atoms with E-state index >= 15 is 0 Å². The second kappa shape index (κ2) is 8.78. The van der Waals surface area contributed by atoms with Gasteiger partial charge in [0.2, 0.25) is 0 Å². The quantitative estimate of drug-likeness (QED) is 0.574. The maximum Gasteiger partial charge on any atom is 0.461 e. The van der Waals surface area contributed by atoms with E-state index in [0.29, 0.717) is 0 Å². The molecule has 0 atom stereocenters. The van der Waals surface area contributed by atoms with Crippen LogP contribution in [-0.2, 0) is 0 Å². The van der Waals surface area contributed by atoms with E-state index in [0.717, 1.165) is 30.3 Å². The lowest BCUT2D eigenvalue weighted by molar-refractivity contribution is -0.253. The van der Waals surface area contributed by atoms with Crippen molar-refractivity contribution in [2.45, 2.75) is 12.5 Å². The molecule has 156 valence electrons. The van der Waals surface area contributed by atoms with Gasteiger partial charge in [-0.1, -0.05) is 29.3 Å². The van der Waals surface area contributed by atoms with Crippen molar-refractivity contribution in [3.05, 3.63) is 57.6 Å². The highest BCUT2D eigenvalue weighted by Gasteiger charge is 2.45. The van der Waals surface area contributed by atoms with Gasteiger partial charge in [-0.05, 0) is 24.3 Å². The van der Waals surface area contributed by atoms with Gasteiger partial charge >= 0.3 is 18.6 Å². The number of ether oxygens (including phenoxy) is 1. The van der Waals surface area contributed by atoms with Gasteiger partial charge in [0.05, 0.1) is 10.0 Å². The number of alkyl halides is 4. The van der Waals surface area contributed by atoms with Crippen LogP contribution in [0.3, 0.4) is 0 Å². The molecule has 2 rings (SSSR count). The number of rotatable bonds is 5. The molecule has 0 aromatic heterocycles. The van der Waals surface area contributed by atoms with E-state index in [1.165, 1.54) is 0 Å². The van der Waals surface area contributed by atoms with Crippen molar-refractivity contribution in [1.82, 2.24) is 5.32 Å². The normalized spacial score (nSPS) is 11.3. The van der Waals surface area contributed by atoms with Crippen molar-refractivity contribution >= 4 is 40.8 Å². The van der Waals surface area contributed by atoms with Gasteiger partial charge in [-0.15, -0.1) is 0 Å². The first-order valence-corrected chi connectivity index (χ1v) is 8.08. The van der Waals surface area contributed by atoms with Crippen LogP contribution in [0.15, 0.2) is 30.3 Å². The Morgan fingerprint density at radius 2 is 1.55 bits per heavy atom. The molecule has 0 fully saturated rings. The number of halogens is 8. The lowest BCUT2D eigenvalue weighted by Gasteiger charge is -2.19. The van der Waals surface area contributed by atoms with Crippen LogP contribution in [-0.4, -0.2) is 24.5 Å². The molecule has 0 spiro atoms. The summed E-state index contributed by atoms with van der Waals surface area (Å²) < 4.78 is 81.3. The number of benzene rings is 2. The Bertz CT molecular complexity index is 915. The molecule has 0 aliphatic rings. The van der Waals surface area contributed by atoms with Crippen molar-refractivity contribution in [2.75, 3.05) is 5.32 Å². The number of hydrogen-bond donors (Lipinski definition) is 2. The number of nitrogens with one attached hydrogen (secondary N) is 2. The second-order valence-corrected chi connectivity index (χ2v) is 6.05. The van der Waals surface area contributed by atoms with Crippen LogP contribution >= 0.6 is 23.2 Å². The molecular formula is C16H8Cl2F6N2O3.